The monoisotopic (exact) mass is 251 g/mol. The van der Waals surface area contributed by atoms with Crippen LogP contribution in [0.5, 0.6) is 5.75 Å². The molecule has 18 heavy (non-hydrogen) atoms. The van der Waals surface area contributed by atoms with Gasteiger partial charge in [0.2, 0.25) is 5.91 Å². The predicted octanol–water partition coefficient (Wildman–Crippen LogP) is 1.59. The highest BCUT2D eigenvalue weighted by Gasteiger charge is 2.22. The Hall–Kier alpha value is -2.04. The first-order valence-electron chi connectivity index (χ1n) is 5.62. The maximum Gasteiger partial charge on any atom is 0.315 e. The molecule has 2 unspecified atom stereocenters. The molecule has 2 atom stereocenters. The molecule has 0 aliphatic carbocycles. The quantitative estimate of drug-likeness (QED) is 0.779. The minimum atomic E-state index is -1.13. The number of hydrogen-bond donors (Lipinski definition) is 2. The van der Waals surface area contributed by atoms with Crippen molar-refractivity contribution in [1.29, 1.82) is 0 Å². The summed E-state index contributed by atoms with van der Waals surface area (Å²) in [6.45, 7) is 3.16. The molecule has 0 spiro atoms. The fourth-order valence-corrected chi connectivity index (χ4v) is 1.43. The number of ether oxygens (including phenoxy) is 1. The first-order valence-corrected chi connectivity index (χ1v) is 5.62. The van der Waals surface area contributed by atoms with Crippen molar-refractivity contribution in [1.82, 2.24) is 5.32 Å². The third kappa shape index (κ3) is 3.48. The molecule has 0 saturated carbocycles. The standard InChI is InChI=1S/C13H17NO4/c1-8(13(16)17)12(15)14-9(2)10-4-6-11(18-3)7-5-10/h4-9H,1-3H3,(H,14,15)(H,16,17). The highest BCUT2D eigenvalue weighted by atomic mass is 16.5. The summed E-state index contributed by atoms with van der Waals surface area (Å²) < 4.78 is 5.03. The number of carbonyl (C=O) groups is 2. The van der Waals surface area contributed by atoms with Gasteiger partial charge in [-0.25, -0.2) is 0 Å². The van der Waals surface area contributed by atoms with E-state index >= 15 is 0 Å². The van der Waals surface area contributed by atoms with Gasteiger partial charge in [0, 0.05) is 0 Å². The zero-order valence-corrected chi connectivity index (χ0v) is 10.6. The molecule has 5 nitrogen and oxygen atoms in total. The zero-order valence-electron chi connectivity index (χ0n) is 10.6. The molecule has 0 aliphatic heterocycles. The Morgan fingerprint density at radius 3 is 2.22 bits per heavy atom. The highest BCUT2D eigenvalue weighted by molar-refractivity contribution is 5.96. The summed E-state index contributed by atoms with van der Waals surface area (Å²) in [5.41, 5.74) is 0.890. The van der Waals surface area contributed by atoms with Crippen molar-refractivity contribution < 1.29 is 19.4 Å². The molecule has 0 heterocycles. The second-order valence-electron chi connectivity index (χ2n) is 4.06. The van der Waals surface area contributed by atoms with E-state index in [4.69, 9.17) is 9.84 Å². The molecule has 1 aromatic rings. The van der Waals surface area contributed by atoms with Crippen molar-refractivity contribution in [3.05, 3.63) is 29.8 Å². The van der Waals surface area contributed by atoms with Crippen LogP contribution < -0.4 is 10.1 Å². The van der Waals surface area contributed by atoms with Crippen molar-refractivity contribution in [3.8, 4) is 5.75 Å². The number of carboxylic acids is 1. The van der Waals surface area contributed by atoms with E-state index in [-0.39, 0.29) is 6.04 Å². The molecule has 0 fully saturated rings. The summed E-state index contributed by atoms with van der Waals surface area (Å²) in [5, 5.41) is 11.4. The summed E-state index contributed by atoms with van der Waals surface area (Å²) in [6.07, 6.45) is 0. The number of rotatable bonds is 5. The van der Waals surface area contributed by atoms with E-state index in [0.29, 0.717) is 0 Å². The summed E-state index contributed by atoms with van der Waals surface area (Å²) >= 11 is 0. The van der Waals surface area contributed by atoms with Crippen molar-refractivity contribution in [2.75, 3.05) is 7.11 Å². The predicted molar refractivity (Wildman–Crippen MR) is 66.4 cm³/mol. The van der Waals surface area contributed by atoms with Crippen LogP contribution in [0.1, 0.15) is 25.5 Å². The number of carbonyl (C=O) groups excluding carboxylic acids is 1. The van der Waals surface area contributed by atoms with Gasteiger partial charge in [0.05, 0.1) is 13.2 Å². The van der Waals surface area contributed by atoms with Crippen molar-refractivity contribution >= 4 is 11.9 Å². The number of benzene rings is 1. The van der Waals surface area contributed by atoms with E-state index < -0.39 is 17.8 Å². The molecule has 1 aromatic carbocycles. The minimum absolute atomic E-state index is 0.245. The van der Waals surface area contributed by atoms with E-state index in [2.05, 4.69) is 5.32 Å². The molecule has 0 aromatic heterocycles. The average molecular weight is 251 g/mol. The van der Waals surface area contributed by atoms with Crippen LogP contribution in [0.3, 0.4) is 0 Å². The van der Waals surface area contributed by atoms with Gasteiger partial charge in [-0.3, -0.25) is 9.59 Å². The Balaban J connectivity index is 2.67. The third-order valence-electron chi connectivity index (χ3n) is 2.74. The Morgan fingerprint density at radius 2 is 1.78 bits per heavy atom. The van der Waals surface area contributed by atoms with Crippen molar-refractivity contribution in [2.45, 2.75) is 19.9 Å². The van der Waals surface area contributed by atoms with Crippen LogP contribution in [0.2, 0.25) is 0 Å². The Kier molecular flexibility index (Phi) is 4.71. The second-order valence-corrected chi connectivity index (χ2v) is 4.06. The zero-order chi connectivity index (χ0) is 13.7. The third-order valence-corrected chi connectivity index (χ3v) is 2.74. The van der Waals surface area contributed by atoms with E-state index in [1.165, 1.54) is 6.92 Å². The minimum Gasteiger partial charge on any atom is -0.497 e. The average Bonchev–Trinajstić information content (AvgIpc) is 2.37. The van der Waals surface area contributed by atoms with E-state index in [9.17, 15) is 9.59 Å². The molecule has 98 valence electrons. The number of carboxylic acid groups (broad SMARTS) is 1. The summed E-state index contributed by atoms with van der Waals surface area (Å²) in [5.74, 6) is -1.94. The normalized spacial score (nSPS) is 13.5. The van der Waals surface area contributed by atoms with Crippen LogP contribution in [0.4, 0.5) is 0 Å². The number of methoxy groups -OCH3 is 1. The van der Waals surface area contributed by atoms with Crippen molar-refractivity contribution in [3.63, 3.8) is 0 Å². The van der Waals surface area contributed by atoms with Crippen LogP contribution in [-0.4, -0.2) is 24.1 Å². The van der Waals surface area contributed by atoms with Gasteiger partial charge in [-0.1, -0.05) is 12.1 Å². The SMILES string of the molecule is COc1ccc(C(C)NC(=O)C(C)C(=O)O)cc1. The van der Waals surface area contributed by atoms with E-state index in [0.717, 1.165) is 11.3 Å². The number of amides is 1. The fourth-order valence-electron chi connectivity index (χ4n) is 1.43. The first-order chi connectivity index (χ1) is 8.45. The molecular formula is C13H17NO4. The second kappa shape index (κ2) is 6.05. The van der Waals surface area contributed by atoms with Crippen LogP contribution in [0.25, 0.3) is 0 Å². The van der Waals surface area contributed by atoms with E-state index in [1.54, 1.807) is 26.2 Å². The van der Waals surface area contributed by atoms with Gasteiger partial charge in [0.25, 0.3) is 0 Å². The molecular weight excluding hydrogens is 234 g/mol. The maximum absolute atomic E-state index is 11.6. The van der Waals surface area contributed by atoms with Gasteiger partial charge in [0.1, 0.15) is 11.7 Å². The highest BCUT2D eigenvalue weighted by Crippen LogP contribution is 2.17. The summed E-state index contributed by atoms with van der Waals surface area (Å²) in [4.78, 5) is 22.2. The molecule has 0 saturated heterocycles. The topological polar surface area (TPSA) is 75.6 Å². The number of nitrogens with one attached hydrogen (secondary N) is 1. The van der Waals surface area contributed by atoms with Gasteiger partial charge in [0.15, 0.2) is 0 Å². The largest absolute Gasteiger partial charge is 0.497 e. The molecule has 1 rings (SSSR count). The molecule has 5 heteroatoms. The molecule has 1 amide bonds. The van der Waals surface area contributed by atoms with Gasteiger partial charge in [-0.15, -0.1) is 0 Å². The number of aliphatic carboxylic acids is 1. The maximum atomic E-state index is 11.6. The Bertz CT molecular complexity index is 427. The lowest BCUT2D eigenvalue weighted by molar-refractivity contribution is -0.146. The summed E-state index contributed by atoms with van der Waals surface area (Å²) in [7, 11) is 1.58. The van der Waals surface area contributed by atoms with Crippen LogP contribution in [-0.2, 0) is 9.59 Å². The smallest absolute Gasteiger partial charge is 0.315 e. The lowest BCUT2D eigenvalue weighted by atomic mass is 10.1. The van der Waals surface area contributed by atoms with Gasteiger partial charge >= 0.3 is 5.97 Å². The Morgan fingerprint density at radius 1 is 1.22 bits per heavy atom. The number of hydrogen-bond acceptors (Lipinski definition) is 3. The Labute approximate surface area is 106 Å². The molecule has 2 N–H and O–H groups in total. The lowest BCUT2D eigenvalue weighted by Gasteiger charge is -2.16. The van der Waals surface area contributed by atoms with Gasteiger partial charge in [-0.2, -0.15) is 0 Å². The van der Waals surface area contributed by atoms with Crippen LogP contribution >= 0.6 is 0 Å². The lowest BCUT2D eigenvalue weighted by Crippen LogP contribution is -2.35. The van der Waals surface area contributed by atoms with Crippen molar-refractivity contribution in [2.24, 2.45) is 5.92 Å². The fraction of sp³-hybridized carbons (Fsp3) is 0.385. The van der Waals surface area contributed by atoms with E-state index in [1.807, 2.05) is 12.1 Å². The summed E-state index contributed by atoms with van der Waals surface area (Å²) in [6, 6.07) is 6.99. The van der Waals surface area contributed by atoms with Gasteiger partial charge in [-0.05, 0) is 31.5 Å². The first kappa shape index (κ1) is 14.0. The van der Waals surface area contributed by atoms with Crippen LogP contribution in [0, 0.1) is 5.92 Å². The molecule has 0 bridgehead atoms. The van der Waals surface area contributed by atoms with Crippen LogP contribution in [0.15, 0.2) is 24.3 Å². The molecule has 0 aliphatic rings. The van der Waals surface area contributed by atoms with Gasteiger partial charge < -0.3 is 15.2 Å². The molecule has 0 radical (unpaired) electrons.